The zero-order valence-corrected chi connectivity index (χ0v) is 10.6. The fourth-order valence-electron chi connectivity index (χ4n) is 1.67. The zero-order valence-electron chi connectivity index (χ0n) is 10.6. The molecule has 0 aliphatic carbocycles. The molecule has 1 aliphatic rings. The van der Waals surface area contributed by atoms with Crippen LogP contribution >= 0.6 is 0 Å². The monoisotopic (exact) mass is 245 g/mol. The summed E-state index contributed by atoms with van der Waals surface area (Å²) in [4.78, 5) is 24.1. The third kappa shape index (κ3) is 2.59. The summed E-state index contributed by atoms with van der Waals surface area (Å²) in [7, 11) is 0. The minimum absolute atomic E-state index is 0.275. The summed E-state index contributed by atoms with van der Waals surface area (Å²) in [5.74, 6) is 0.0762. The van der Waals surface area contributed by atoms with E-state index in [0.29, 0.717) is 11.4 Å². The van der Waals surface area contributed by atoms with Gasteiger partial charge >= 0.3 is 0 Å². The van der Waals surface area contributed by atoms with Crippen molar-refractivity contribution < 1.29 is 14.3 Å². The topological polar surface area (TPSA) is 46.6 Å². The minimum Gasteiger partial charge on any atom is -0.488 e. The van der Waals surface area contributed by atoms with Crippen molar-refractivity contribution in [1.29, 1.82) is 0 Å². The normalized spacial score (nSPS) is 15.4. The van der Waals surface area contributed by atoms with Crippen LogP contribution < -0.4 is 9.64 Å². The Bertz CT molecular complexity index is 491. The number of imide groups is 1. The van der Waals surface area contributed by atoms with E-state index in [2.05, 4.69) is 0 Å². The van der Waals surface area contributed by atoms with E-state index in [1.54, 1.807) is 24.3 Å². The molecule has 0 saturated carbocycles. The molecule has 1 heterocycles. The Kier molecular flexibility index (Phi) is 2.95. The Morgan fingerprint density at radius 2 is 1.44 bits per heavy atom. The molecular weight excluding hydrogens is 230 g/mol. The average molecular weight is 245 g/mol. The highest BCUT2D eigenvalue weighted by Crippen LogP contribution is 2.24. The Hall–Kier alpha value is -2.10. The summed E-state index contributed by atoms with van der Waals surface area (Å²) in [6, 6.07) is 6.90. The molecule has 2 rings (SSSR count). The molecule has 0 saturated heterocycles. The number of carbonyl (C=O) groups excluding carboxylic acids is 2. The average Bonchev–Trinajstić information content (AvgIpc) is 2.58. The van der Waals surface area contributed by atoms with Gasteiger partial charge in [0.15, 0.2) is 0 Å². The zero-order chi connectivity index (χ0) is 13.3. The minimum atomic E-state index is -0.315. The van der Waals surface area contributed by atoms with Crippen LogP contribution in [0.1, 0.15) is 20.8 Å². The molecule has 0 radical (unpaired) electrons. The molecule has 0 atom stereocenters. The van der Waals surface area contributed by atoms with E-state index in [-0.39, 0.29) is 17.4 Å². The molecule has 0 N–H and O–H groups in total. The Balaban J connectivity index is 2.18. The van der Waals surface area contributed by atoms with Gasteiger partial charge in [0, 0.05) is 12.2 Å². The molecule has 2 amide bonds. The molecule has 4 heteroatoms. The van der Waals surface area contributed by atoms with Crippen LogP contribution in [0, 0.1) is 0 Å². The SMILES string of the molecule is CC(C)(C)Oc1ccc(N2C(=O)C=CC2=O)cc1. The van der Waals surface area contributed by atoms with Crippen molar-refractivity contribution >= 4 is 17.5 Å². The van der Waals surface area contributed by atoms with Crippen molar-refractivity contribution in [1.82, 2.24) is 0 Å². The van der Waals surface area contributed by atoms with Crippen LogP contribution in [0.5, 0.6) is 5.75 Å². The van der Waals surface area contributed by atoms with Crippen molar-refractivity contribution in [2.24, 2.45) is 0 Å². The van der Waals surface area contributed by atoms with Gasteiger partial charge in [-0.05, 0) is 45.0 Å². The third-order valence-corrected chi connectivity index (χ3v) is 2.33. The lowest BCUT2D eigenvalue weighted by molar-refractivity contribution is -0.119. The van der Waals surface area contributed by atoms with Crippen molar-refractivity contribution in [2.75, 3.05) is 4.90 Å². The predicted octanol–water partition coefficient (Wildman–Crippen LogP) is 2.29. The largest absolute Gasteiger partial charge is 0.488 e. The second-order valence-electron chi connectivity index (χ2n) is 5.05. The maximum absolute atomic E-state index is 11.5. The van der Waals surface area contributed by atoms with E-state index < -0.39 is 0 Å². The summed E-state index contributed by atoms with van der Waals surface area (Å²) in [6.45, 7) is 5.87. The highest BCUT2D eigenvalue weighted by Gasteiger charge is 2.25. The lowest BCUT2D eigenvalue weighted by atomic mass is 10.2. The van der Waals surface area contributed by atoms with Gasteiger partial charge in [0.25, 0.3) is 11.8 Å². The van der Waals surface area contributed by atoms with Crippen molar-refractivity contribution in [3.05, 3.63) is 36.4 Å². The van der Waals surface area contributed by atoms with Gasteiger partial charge in [0.05, 0.1) is 5.69 Å². The Morgan fingerprint density at radius 3 is 1.89 bits per heavy atom. The molecule has 1 aliphatic heterocycles. The second kappa shape index (κ2) is 4.29. The van der Waals surface area contributed by atoms with Crippen molar-refractivity contribution in [3.8, 4) is 5.75 Å². The number of amides is 2. The molecule has 1 aromatic carbocycles. The highest BCUT2D eigenvalue weighted by atomic mass is 16.5. The first-order valence-electron chi connectivity index (χ1n) is 5.72. The molecule has 94 valence electrons. The Morgan fingerprint density at radius 1 is 0.944 bits per heavy atom. The molecule has 0 aromatic heterocycles. The number of nitrogens with zero attached hydrogens (tertiary/aromatic N) is 1. The van der Waals surface area contributed by atoms with E-state index in [1.165, 1.54) is 12.2 Å². The number of ether oxygens (including phenoxy) is 1. The summed E-state index contributed by atoms with van der Waals surface area (Å²) >= 11 is 0. The first-order chi connectivity index (χ1) is 8.37. The van der Waals surface area contributed by atoms with E-state index in [0.717, 1.165) is 4.90 Å². The third-order valence-electron chi connectivity index (χ3n) is 2.33. The first kappa shape index (κ1) is 12.4. The van der Waals surface area contributed by atoms with Crippen LogP contribution in [0.25, 0.3) is 0 Å². The number of rotatable bonds is 2. The molecule has 0 fully saturated rings. The summed E-state index contributed by atoms with van der Waals surface area (Å²) in [6.07, 6.45) is 2.53. The molecular formula is C14H15NO3. The van der Waals surface area contributed by atoms with Gasteiger partial charge in [-0.3, -0.25) is 9.59 Å². The van der Waals surface area contributed by atoms with E-state index in [4.69, 9.17) is 4.74 Å². The second-order valence-corrected chi connectivity index (χ2v) is 5.05. The Labute approximate surface area is 106 Å². The number of anilines is 1. The van der Waals surface area contributed by atoms with Gasteiger partial charge in [-0.1, -0.05) is 0 Å². The van der Waals surface area contributed by atoms with Crippen molar-refractivity contribution in [3.63, 3.8) is 0 Å². The lowest BCUT2D eigenvalue weighted by Gasteiger charge is -2.22. The predicted molar refractivity (Wildman–Crippen MR) is 68.5 cm³/mol. The van der Waals surface area contributed by atoms with Gasteiger partial charge < -0.3 is 4.74 Å². The fourth-order valence-corrected chi connectivity index (χ4v) is 1.67. The molecule has 1 aromatic rings. The first-order valence-corrected chi connectivity index (χ1v) is 5.72. The van der Waals surface area contributed by atoms with Gasteiger partial charge in [-0.25, -0.2) is 4.90 Å². The molecule has 4 nitrogen and oxygen atoms in total. The number of hydrogen-bond acceptors (Lipinski definition) is 3. The van der Waals surface area contributed by atoms with E-state index >= 15 is 0 Å². The number of carbonyl (C=O) groups is 2. The fraction of sp³-hybridized carbons (Fsp3) is 0.286. The maximum Gasteiger partial charge on any atom is 0.258 e. The van der Waals surface area contributed by atoms with Gasteiger partial charge in [-0.15, -0.1) is 0 Å². The number of hydrogen-bond donors (Lipinski definition) is 0. The summed E-state index contributed by atoms with van der Waals surface area (Å²) < 4.78 is 5.67. The van der Waals surface area contributed by atoms with Crippen LogP contribution in [0.4, 0.5) is 5.69 Å². The van der Waals surface area contributed by atoms with Crippen LogP contribution in [0.15, 0.2) is 36.4 Å². The van der Waals surface area contributed by atoms with Crippen molar-refractivity contribution in [2.45, 2.75) is 26.4 Å². The smallest absolute Gasteiger partial charge is 0.258 e. The van der Waals surface area contributed by atoms with Crippen LogP contribution in [-0.2, 0) is 9.59 Å². The molecule has 0 spiro atoms. The molecule has 0 bridgehead atoms. The molecule has 0 unspecified atom stereocenters. The van der Waals surface area contributed by atoms with Gasteiger partial charge in [0.2, 0.25) is 0 Å². The van der Waals surface area contributed by atoms with E-state index in [9.17, 15) is 9.59 Å². The standard InChI is InChI=1S/C14H15NO3/c1-14(2,3)18-11-6-4-10(5-7-11)15-12(16)8-9-13(15)17/h4-9H,1-3H3. The molecule has 18 heavy (non-hydrogen) atoms. The quantitative estimate of drug-likeness (QED) is 0.751. The summed E-state index contributed by atoms with van der Waals surface area (Å²) in [5.41, 5.74) is 0.277. The van der Waals surface area contributed by atoms with Crippen LogP contribution in [-0.4, -0.2) is 17.4 Å². The lowest BCUT2D eigenvalue weighted by Crippen LogP contribution is -2.29. The summed E-state index contributed by atoms with van der Waals surface area (Å²) in [5, 5.41) is 0. The van der Waals surface area contributed by atoms with Gasteiger partial charge in [-0.2, -0.15) is 0 Å². The number of benzene rings is 1. The van der Waals surface area contributed by atoms with Crippen LogP contribution in [0.2, 0.25) is 0 Å². The van der Waals surface area contributed by atoms with E-state index in [1.807, 2.05) is 20.8 Å². The van der Waals surface area contributed by atoms with Crippen LogP contribution in [0.3, 0.4) is 0 Å². The van der Waals surface area contributed by atoms with Gasteiger partial charge in [0.1, 0.15) is 11.4 Å². The maximum atomic E-state index is 11.5. The highest BCUT2D eigenvalue weighted by molar-refractivity contribution is 6.28.